The van der Waals surface area contributed by atoms with E-state index >= 15 is 0 Å². The van der Waals surface area contributed by atoms with Crippen molar-refractivity contribution in [2.45, 2.75) is 25.7 Å². The summed E-state index contributed by atoms with van der Waals surface area (Å²) in [4.78, 5) is 2.48. The molecule has 18 heavy (non-hydrogen) atoms. The van der Waals surface area contributed by atoms with Crippen LogP contribution < -0.4 is 5.73 Å². The van der Waals surface area contributed by atoms with Crippen molar-refractivity contribution >= 4 is 11.3 Å². The van der Waals surface area contributed by atoms with Crippen LogP contribution in [-0.2, 0) is 0 Å². The normalized spacial score (nSPS) is 18.5. The van der Waals surface area contributed by atoms with E-state index < -0.39 is 0 Å². The number of nitrogens with zero attached hydrogens (tertiary/aromatic N) is 4. The number of fused-ring (bicyclic) bond motifs is 1. The fourth-order valence-electron chi connectivity index (χ4n) is 2.74. The number of piperidine rings is 1. The maximum absolute atomic E-state index is 5.91. The molecule has 96 valence electrons. The molecule has 0 amide bonds. The van der Waals surface area contributed by atoms with Crippen LogP contribution in [0.25, 0.3) is 5.65 Å². The van der Waals surface area contributed by atoms with E-state index in [1.54, 1.807) is 0 Å². The van der Waals surface area contributed by atoms with Gasteiger partial charge < -0.3 is 10.6 Å². The molecule has 2 aromatic heterocycles. The Kier molecular flexibility index (Phi) is 2.91. The molecule has 1 aliphatic rings. The SMILES string of the molecule is CCN1CCC(c2nnc3c(N)cccn23)CC1. The third-order valence-corrected chi connectivity index (χ3v) is 3.89. The van der Waals surface area contributed by atoms with Crippen LogP contribution in [0.3, 0.4) is 0 Å². The van der Waals surface area contributed by atoms with Crippen LogP contribution in [-0.4, -0.2) is 39.1 Å². The predicted octanol–water partition coefficient (Wildman–Crippen LogP) is 1.51. The van der Waals surface area contributed by atoms with Crippen molar-refractivity contribution in [3.63, 3.8) is 0 Å². The summed E-state index contributed by atoms with van der Waals surface area (Å²) in [7, 11) is 0. The van der Waals surface area contributed by atoms with E-state index in [4.69, 9.17) is 5.73 Å². The molecule has 0 unspecified atom stereocenters. The zero-order valence-corrected chi connectivity index (χ0v) is 10.7. The standard InChI is InChI=1S/C13H19N5/c1-2-17-8-5-10(6-9-17)12-15-16-13-11(14)4-3-7-18(12)13/h3-4,7,10H,2,5-6,8-9,14H2,1H3. The first-order chi connectivity index (χ1) is 8.79. The molecule has 0 aromatic carbocycles. The Bertz CT molecular complexity index is 539. The van der Waals surface area contributed by atoms with Gasteiger partial charge in [0.15, 0.2) is 5.65 Å². The van der Waals surface area contributed by atoms with Crippen LogP contribution in [0, 0.1) is 0 Å². The van der Waals surface area contributed by atoms with E-state index in [1.807, 2.05) is 22.7 Å². The van der Waals surface area contributed by atoms with Crippen LogP contribution in [0.4, 0.5) is 5.69 Å². The van der Waals surface area contributed by atoms with E-state index in [9.17, 15) is 0 Å². The van der Waals surface area contributed by atoms with Gasteiger partial charge >= 0.3 is 0 Å². The second-order valence-corrected chi connectivity index (χ2v) is 4.92. The summed E-state index contributed by atoms with van der Waals surface area (Å²) < 4.78 is 2.04. The molecule has 2 aromatic rings. The number of nitrogens with two attached hydrogens (primary N) is 1. The highest BCUT2D eigenvalue weighted by molar-refractivity contribution is 5.63. The van der Waals surface area contributed by atoms with E-state index in [-0.39, 0.29) is 0 Å². The number of likely N-dealkylation sites (tertiary alicyclic amines) is 1. The Morgan fingerprint density at radius 2 is 2.11 bits per heavy atom. The van der Waals surface area contributed by atoms with E-state index in [1.165, 1.54) is 0 Å². The first-order valence-corrected chi connectivity index (χ1v) is 6.61. The summed E-state index contributed by atoms with van der Waals surface area (Å²) in [6, 6.07) is 3.82. The molecule has 1 fully saturated rings. The average Bonchev–Trinajstić information content (AvgIpc) is 2.84. The first-order valence-electron chi connectivity index (χ1n) is 6.61. The number of hydrogen-bond acceptors (Lipinski definition) is 4. The molecule has 0 radical (unpaired) electrons. The predicted molar refractivity (Wildman–Crippen MR) is 71.5 cm³/mol. The van der Waals surface area contributed by atoms with Gasteiger partial charge in [-0.25, -0.2) is 0 Å². The quantitative estimate of drug-likeness (QED) is 0.871. The highest BCUT2D eigenvalue weighted by Gasteiger charge is 2.23. The molecule has 5 nitrogen and oxygen atoms in total. The zero-order valence-electron chi connectivity index (χ0n) is 10.7. The molecular formula is C13H19N5. The molecule has 1 aliphatic heterocycles. The Morgan fingerprint density at radius 1 is 1.33 bits per heavy atom. The monoisotopic (exact) mass is 245 g/mol. The van der Waals surface area contributed by atoms with Crippen LogP contribution in [0.1, 0.15) is 31.5 Å². The van der Waals surface area contributed by atoms with Crippen molar-refractivity contribution in [1.29, 1.82) is 0 Å². The molecule has 0 spiro atoms. The second kappa shape index (κ2) is 4.57. The Hall–Kier alpha value is -1.62. The van der Waals surface area contributed by atoms with Gasteiger partial charge in [-0.3, -0.25) is 4.40 Å². The van der Waals surface area contributed by atoms with Gasteiger partial charge in [0.05, 0.1) is 5.69 Å². The maximum atomic E-state index is 5.91. The van der Waals surface area contributed by atoms with Gasteiger partial charge in [0.1, 0.15) is 5.82 Å². The lowest BCUT2D eigenvalue weighted by Crippen LogP contribution is -2.33. The molecule has 0 bridgehead atoms. The van der Waals surface area contributed by atoms with Crippen molar-refractivity contribution in [3.05, 3.63) is 24.2 Å². The van der Waals surface area contributed by atoms with Crippen molar-refractivity contribution in [1.82, 2.24) is 19.5 Å². The minimum atomic E-state index is 0.504. The van der Waals surface area contributed by atoms with Crippen molar-refractivity contribution in [3.8, 4) is 0 Å². The summed E-state index contributed by atoms with van der Waals surface area (Å²) in [5, 5.41) is 8.55. The topological polar surface area (TPSA) is 59.5 Å². The Balaban J connectivity index is 1.89. The molecule has 0 atom stereocenters. The lowest BCUT2D eigenvalue weighted by molar-refractivity contribution is 0.218. The van der Waals surface area contributed by atoms with E-state index in [2.05, 4.69) is 22.0 Å². The fourth-order valence-corrected chi connectivity index (χ4v) is 2.74. The van der Waals surface area contributed by atoms with Crippen LogP contribution in [0.15, 0.2) is 18.3 Å². The molecule has 1 saturated heterocycles. The minimum Gasteiger partial charge on any atom is -0.396 e. The molecule has 0 aliphatic carbocycles. The van der Waals surface area contributed by atoms with Gasteiger partial charge in [-0.15, -0.1) is 10.2 Å². The molecule has 5 heteroatoms. The minimum absolute atomic E-state index is 0.504. The largest absolute Gasteiger partial charge is 0.396 e. The Labute approximate surface area is 107 Å². The van der Waals surface area contributed by atoms with Crippen LogP contribution in [0.2, 0.25) is 0 Å². The lowest BCUT2D eigenvalue weighted by atomic mass is 9.96. The maximum Gasteiger partial charge on any atom is 0.183 e. The first kappa shape index (κ1) is 11.5. The highest BCUT2D eigenvalue weighted by Crippen LogP contribution is 2.27. The highest BCUT2D eigenvalue weighted by atomic mass is 15.3. The van der Waals surface area contributed by atoms with Gasteiger partial charge in [0.25, 0.3) is 0 Å². The van der Waals surface area contributed by atoms with Gasteiger partial charge in [-0.2, -0.15) is 0 Å². The summed E-state index contributed by atoms with van der Waals surface area (Å²) in [5.41, 5.74) is 7.39. The summed E-state index contributed by atoms with van der Waals surface area (Å²) >= 11 is 0. The average molecular weight is 245 g/mol. The van der Waals surface area contributed by atoms with Gasteiger partial charge in [-0.1, -0.05) is 6.92 Å². The van der Waals surface area contributed by atoms with Gasteiger partial charge in [-0.05, 0) is 44.6 Å². The second-order valence-electron chi connectivity index (χ2n) is 4.92. The fraction of sp³-hybridized carbons (Fsp3) is 0.538. The van der Waals surface area contributed by atoms with Gasteiger partial charge in [0.2, 0.25) is 0 Å². The van der Waals surface area contributed by atoms with Crippen molar-refractivity contribution in [2.24, 2.45) is 0 Å². The smallest absolute Gasteiger partial charge is 0.183 e. The number of aromatic nitrogens is 3. The number of nitrogen functional groups attached to an aromatic ring is 1. The number of anilines is 1. The van der Waals surface area contributed by atoms with E-state index in [0.717, 1.165) is 43.9 Å². The number of hydrogen-bond donors (Lipinski definition) is 1. The van der Waals surface area contributed by atoms with Crippen molar-refractivity contribution < 1.29 is 0 Å². The number of pyridine rings is 1. The Morgan fingerprint density at radius 3 is 2.83 bits per heavy atom. The molecular weight excluding hydrogens is 226 g/mol. The third kappa shape index (κ3) is 1.84. The molecule has 2 N–H and O–H groups in total. The molecule has 3 heterocycles. The lowest BCUT2D eigenvalue weighted by Gasteiger charge is -2.30. The zero-order chi connectivity index (χ0) is 12.5. The third-order valence-electron chi connectivity index (χ3n) is 3.89. The summed E-state index contributed by atoms with van der Waals surface area (Å²) in [6.45, 7) is 5.66. The van der Waals surface area contributed by atoms with Crippen LogP contribution in [0.5, 0.6) is 0 Å². The summed E-state index contributed by atoms with van der Waals surface area (Å²) in [5.74, 6) is 1.57. The molecule has 0 saturated carbocycles. The van der Waals surface area contributed by atoms with Crippen LogP contribution >= 0.6 is 0 Å². The number of rotatable bonds is 2. The molecule has 3 rings (SSSR count). The van der Waals surface area contributed by atoms with Crippen molar-refractivity contribution in [2.75, 3.05) is 25.4 Å². The van der Waals surface area contributed by atoms with E-state index in [0.29, 0.717) is 11.6 Å². The summed E-state index contributed by atoms with van der Waals surface area (Å²) in [6.07, 6.45) is 4.32. The van der Waals surface area contributed by atoms with Gasteiger partial charge in [0, 0.05) is 12.1 Å².